The molecule has 0 amide bonds. The van der Waals surface area contributed by atoms with Crippen LogP contribution in [0.3, 0.4) is 0 Å². The normalized spacial score (nSPS) is 22.9. The lowest BCUT2D eigenvalue weighted by Crippen LogP contribution is -2.51. The average molecular weight is 493 g/mol. The molecule has 3 aromatic heterocycles. The number of nitrogens with zero attached hydrogens (tertiary/aromatic N) is 6. The number of hydrogen-bond donors (Lipinski definition) is 0. The van der Waals surface area contributed by atoms with Crippen LogP contribution in [0.1, 0.15) is 61.5 Å². The van der Waals surface area contributed by atoms with Crippen molar-refractivity contribution < 1.29 is 9.13 Å². The molecule has 1 aromatic carbocycles. The molecule has 2 unspecified atom stereocenters. The highest BCUT2D eigenvalue weighted by atomic mass is 35.5. The molecule has 4 aromatic rings. The molecule has 180 valence electrons. The summed E-state index contributed by atoms with van der Waals surface area (Å²) in [6.45, 7) is 3.70. The zero-order valence-electron chi connectivity index (χ0n) is 19.7. The summed E-state index contributed by atoms with van der Waals surface area (Å²) in [5.74, 6) is -0.447. The molecule has 35 heavy (non-hydrogen) atoms. The molecule has 2 bridgehead atoms. The van der Waals surface area contributed by atoms with E-state index >= 15 is 0 Å². The molecule has 9 heteroatoms. The Labute approximate surface area is 207 Å². The molecule has 2 saturated heterocycles. The smallest absolute Gasteiger partial charge is 0.182 e. The number of aryl methyl sites for hydroxylation is 2. The Kier molecular flexibility index (Phi) is 5.53. The van der Waals surface area contributed by atoms with E-state index < -0.39 is 5.82 Å². The van der Waals surface area contributed by atoms with Crippen molar-refractivity contribution >= 4 is 22.8 Å². The van der Waals surface area contributed by atoms with Gasteiger partial charge in [0, 0.05) is 28.8 Å². The van der Waals surface area contributed by atoms with Crippen LogP contribution in [-0.4, -0.2) is 35.8 Å². The molecule has 7 nitrogen and oxygen atoms in total. The molecule has 2 aliphatic heterocycles. The summed E-state index contributed by atoms with van der Waals surface area (Å²) in [4.78, 5) is 17.0. The van der Waals surface area contributed by atoms with Crippen molar-refractivity contribution in [1.29, 1.82) is 0 Å². The fourth-order valence-corrected chi connectivity index (χ4v) is 5.14. The first kappa shape index (κ1) is 22.5. The van der Waals surface area contributed by atoms with Crippen molar-refractivity contribution in [3.05, 3.63) is 64.7 Å². The maximum absolute atomic E-state index is 14.1. The van der Waals surface area contributed by atoms with Crippen molar-refractivity contribution in [3.8, 4) is 11.3 Å². The predicted molar refractivity (Wildman–Crippen MR) is 131 cm³/mol. The topological polar surface area (TPSA) is 78.6 Å². The lowest BCUT2D eigenvalue weighted by Gasteiger charge is -2.52. The van der Waals surface area contributed by atoms with Crippen LogP contribution in [0, 0.1) is 19.7 Å². The third-order valence-corrected chi connectivity index (χ3v) is 7.41. The number of hydrogen-bond acceptors (Lipinski definition) is 6. The summed E-state index contributed by atoms with van der Waals surface area (Å²) >= 11 is 5.77. The van der Waals surface area contributed by atoms with Gasteiger partial charge in [0.05, 0.1) is 35.3 Å². The lowest BCUT2D eigenvalue weighted by atomic mass is 9.74. The van der Waals surface area contributed by atoms with E-state index in [4.69, 9.17) is 16.3 Å². The average Bonchev–Trinajstić information content (AvgIpc) is 3.56. The maximum atomic E-state index is 14.1. The van der Waals surface area contributed by atoms with E-state index in [-0.39, 0.29) is 5.60 Å². The first-order valence-electron chi connectivity index (χ1n) is 12.1. The van der Waals surface area contributed by atoms with Crippen LogP contribution in [-0.2, 0) is 10.3 Å². The third kappa shape index (κ3) is 4.19. The van der Waals surface area contributed by atoms with Crippen molar-refractivity contribution in [2.24, 2.45) is 0 Å². The highest BCUT2D eigenvalue weighted by Crippen LogP contribution is 2.51. The van der Waals surface area contributed by atoms with Gasteiger partial charge in [0.15, 0.2) is 5.65 Å². The van der Waals surface area contributed by atoms with Crippen molar-refractivity contribution in [1.82, 2.24) is 29.7 Å². The van der Waals surface area contributed by atoms with Gasteiger partial charge in [-0.3, -0.25) is 4.68 Å². The Hall–Kier alpha value is -2.97. The van der Waals surface area contributed by atoms with Gasteiger partial charge in [-0.2, -0.15) is 5.10 Å². The summed E-state index contributed by atoms with van der Waals surface area (Å²) in [5.41, 5.74) is 4.63. The van der Waals surface area contributed by atoms with Gasteiger partial charge in [-0.1, -0.05) is 11.6 Å². The molecule has 5 heterocycles. The Morgan fingerprint density at radius 3 is 2.63 bits per heavy atom. The minimum atomic E-state index is -0.447. The highest BCUT2D eigenvalue weighted by molar-refractivity contribution is 6.30. The minimum absolute atomic E-state index is 0.0655. The van der Waals surface area contributed by atoms with Gasteiger partial charge >= 0.3 is 0 Å². The monoisotopic (exact) mass is 492 g/mol. The highest BCUT2D eigenvalue weighted by Gasteiger charge is 2.50. The number of rotatable bonds is 3. The molecule has 4 fully saturated rings. The number of fused-ring (bicyclic) bond motifs is 3. The molecule has 0 radical (unpaired) electrons. The Balaban J connectivity index is 0.000000135. The fraction of sp³-hybridized carbons (Fsp3) is 0.423. The molecule has 2 saturated carbocycles. The molecule has 0 spiro atoms. The van der Waals surface area contributed by atoms with E-state index in [1.165, 1.54) is 56.5 Å². The quantitative estimate of drug-likeness (QED) is 0.355. The molecule has 2 atom stereocenters. The van der Waals surface area contributed by atoms with Gasteiger partial charge in [-0.05, 0) is 64.2 Å². The van der Waals surface area contributed by atoms with Crippen LogP contribution < -0.4 is 0 Å². The van der Waals surface area contributed by atoms with Crippen LogP contribution in [0.2, 0.25) is 5.02 Å². The number of halogens is 2. The summed E-state index contributed by atoms with van der Waals surface area (Å²) < 4.78 is 22.2. The lowest BCUT2D eigenvalue weighted by molar-refractivity contribution is -0.243. The van der Waals surface area contributed by atoms with Gasteiger partial charge < -0.3 is 4.74 Å². The molecule has 4 aliphatic rings. The predicted octanol–water partition coefficient (Wildman–Crippen LogP) is 5.88. The molecular formula is C26H26ClFN6O. The second-order valence-corrected chi connectivity index (χ2v) is 10.1. The summed E-state index contributed by atoms with van der Waals surface area (Å²) in [7, 11) is 0. The van der Waals surface area contributed by atoms with Gasteiger partial charge in [0.25, 0.3) is 0 Å². The first-order chi connectivity index (χ1) is 16.9. The Morgan fingerprint density at radius 2 is 1.91 bits per heavy atom. The van der Waals surface area contributed by atoms with Gasteiger partial charge in [0.1, 0.15) is 23.4 Å². The number of benzene rings is 1. The van der Waals surface area contributed by atoms with Crippen LogP contribution in [0.25, 0.3) is 22.4 Å². The van der Waals surface area contributed by atoms with Crippen molar-refractivity contribution in [2.75, 3.05) is 0 Å². The van der Waals surface area contributed by atoms with Crippen LogP contribution in [0.5, 0.6) is 0 Å². The fourth-order valence-electron chi connectivity index (χ4n) is 4.98. The summed E-state index contributed by atoms with van der Waals surface area (Å²) in [5, 5.41) is 4.80. The van der Waals surface area contributed by atoms with Crippen LogP contribution in [0.15, 0.2) is 36.9 Å². The maximum Gasteiger partial charge on any atom is 0.182 e. The van der Waals surface area contributed by atoms with E-state index in [1.807, 2.05) is 20.0 Å². The van der Waals surface area contributed by atoms with E-state index in [0.29, 0.717) is 39.6 Å². The molecule has 8 rings (SSSR count). The van der Waals surface area contributed by atoms with Gasteiger partial charge in [-0.15, -0.1) is 0 Å². The van der Waals surface area contributed by atoms with Crippen molar-refractivity contribution in [3.63, 3.8) is 0 Å². The van der Waals surface area contributed by atoms with Crippen molar-refractivity contribution in [2.45, 2.75) is 70.1 Å². The standard InChI is InChI=1S/C14H10ClFN4.C12H16N2O/c1-7-8(2)20-14-13(19-7)12(17-6-18-14)10-4-3-9(15)5-11(10)16;1-2-11-6-12(5-1,15-11)9-7-13-14(8-9)10-3-4-10/h3-6H,1-2H3;7-8,10-11H,1-6H2. The van der Waals surface area contributed by atoms with Crippen LogP contribution >= 0.6 is 11.6 Å². The SMILES string of the molecule is Cc1nc2ncnc(-c3ccc(Cl)cc3F)c2nc1C.c1nn(C2CC2)cc1C12CCCC(C1)O2. The molecule has 2 aliphatic carbocycles. The Bertz CT molecular complexity index is 1410. The van der Waals surface area contributed by atoms with E-state index in [9.17, 15) is 4.39 Å². The minimum Gasteiger partial charge on any atom is -0.367 e. The van der Waals surface area contributed by atoms with E-state index in [2.05, 4.69) is 35.9 Å². The Morgan fingerprint density at radius 1 is 1.11 bits per heavy atom. The van der Waals surface area contributed by atoms with Crippen LogP contribution in [0.4, 0.5) is 4.39 Å². The zero-order valence-corrected chi connectivity index (χ0v) is 20.5. The largest absolute Gasteiger partial charge is 0.367 e. The molecule has 0 N–H and O–H groups in total. The van der Waals surface area contributed by atoms with Gasteiger partial charge in [-0.25, -0.2) is 24.3 Å². The summed E-state index contributed by atoms with van der Waals surface area (Å²) in [6.07, 6.45) is 13.8. The second kappa shape index (κ2) is 8.60. The van der Waals surface area contributed by atoms with E-state index in [0.717, 1.165) is 11.4 Å². The third-order valence-electron chi connectivity index (χ3n) is 7.17. The molecular weight excluding hydrogens is 467 g/mol. The number of ether oxygens (including phenoxy) is 1. The van der Waals surface area contributed by atoms with Gasteiger partial charge in [0.2, 0.25) is 0 Å². The van der Waals surface area contributed by atoms with E-state index in [1.54, 1.807) is 12.1 Å². The second-order valence-electron chi connectivity index (χ2n) is 9.68. The summed E-state index contributed by atoms with van der Waals surface area (Å²) in [6, 6.07) is 5.13. The first-order valence-corrected chi connectivity index (χ1v) is 12.4. The number of aromatic nitrogens is 6. The zero-order chi connectivity index (χ0) is 24.2.